The number of carbonyl (C=O) groups excluding carboxylic acids is 4. The van der Waals surface area contributed by atoms with Crippen molar-refractivity contribution in [1.82, 2.24) is 0 Å². The summed E-state index contributed by atoms with van der Waals surface area (Å²) in [6, 6.07) is 11.2. The highest BCUT2D eigenvalue weighted by Gasteiger charge is 2.17. The lowest BCUT2D eigenvalue weighted by Gasteiger charge is -2.16. The van der Waals surface area contributed by atoms with Crippen molar-refractivity contribution >= 4 is 23.9 Å². The molecule has 2 aromatic carbocycles. The molecule has 0 spiro atoms. The summed E-state index contributed by atoms with van der Waals surface area (Å²) in [6.07, 6.45) is -0.792. The summed E-state index contributed by atoms with van der Waals surface area (Å²) in [4.78, 5) is 47.7. The van der Waals surface area contributed by atoms with Crippen molar-refractivity contribution < 1.29 is 48.0 Å². The molecular weight excluding hydrogens is 544 g/mol. The molecular formula is C32H36O10. The van der Waals surface area contributed by atoms with E-state index < -0.39 is 30.2 Å². The first-order valence-electron chi connectivity index (χ1n) is 13.1. The van der Waals surface area contributed by atoms with Crippen LogP contribution in [0, 0.1) is 0 Å². The van der Waals surface area contributed by atoms with Crippen molar-refractivity contribution in [3.05, 3.63) is 90.0 Å². The van der Waals surface area contributed by atoms with Gasteiger partial charge < -0.3 is 28.8 Å². The molecule has 224 valence electrons. The maximum absolute atomic E-state index is 12.9. The van der Waals surface area contributed by atoms with E-state index in [-0.39, 0.29) is 60.7 Å². The normalized spacial score (nSPS) is 11.1. The van der Waals surface area contributed by atoms with Crippen molar-refractivity contribution in [1.29, 1.82) is 0 Å². The zero-order valence-electron chi connectivity index (χ0n) is 24.1. The minimum atomic E-state index is -1.40. The van der Waals surface area contributed by atoms with Crippen LogP contribution in [0.3, 0.4) is 0 Å². The molecule has 2 aromatic rings. The number of aliphatic hydroxyl groups excluding tert-OH is 1. The van der Waals surface area contributed by atoms with Gasteiger partial charge in [-0.3, -0.25) is 0 Å². The van der Waals surface area contributed by atoms with Crippen molar-refractivity contribution in [3.63, 3.8) is 0 Å². The SMILES string of the molecule is C=C(C)C(=O)OCCCOC(=O)c1cc(-c2ccc(OC(=O)C(=C)C)cc2)cc(C(O)OCCCOC(=O)C(=C)C)c1. The van der Waals surface area contributed by atoms with Gasteiger partial charge in [0.25, 0.3) is 0 Å². The molecule has 0 bridgehead atoms. The highest BCUT2D eigenvalue weighted by molar-refractivity contribution is 5.92. The number of esters is 4. The topological polar surface area (TPSA) is 135 Å². The number of benzene rings is 2. The molecule has 42 heavy (non-hydrogen) atoms. The van der Waals surface area contributed by atoms with E-state index in [1.54, 1.807) is 50.2 Å². The highest BCUT2D eigenvalue weighted by Crippen LogP contribution is 2.28. The second-order valence-corrected chi connectivity index (χ2v) is 9.44. The zero-order valence-corrected chi connectivity index (χ0v) is 24.1. The van der Waals surface area contributed by atoms with Crippen LogP contribution >= 0.6 is 0 Å². The number of rotatable bonds is 16. The van der Waals surface area contributed by atoms with Gasteiger partial charge in [-0.1, -0.05) is 31.9 Å². The van der Waals surface area contributed by atoms with Gasteiger partial charge in [-0.2, -0.15) is 0 Å². The fourth-order valence-corrected chi connectivity index (χ4v) is 3.22. The molecule has 0 heterocycles. The molecule has 0 fully saturated rings. The summed E-state index contributed by atoms with van der Waals surface area (Å²) in [6.45, 7) is 15.4. The molecule has 1 unspecified atom stereocenters. The van der Waals surface area contributed by atoms with E-state index >= 15 is 0 Å². The smallest absolute Gasteiger partial charge is 0.338 e. The Morgan fingerprint density at radius 2 is 1.21 bits per heavy atom. The Morgan fingerprint density at radius 3 is 1.76 bits per heavy atom. The molecule has 1 atom stereocenters. The monoisotopic (exact) mass is 580 g/mol. The van der Waals surface area contributed by atoms with Gasteiger partial charge >= 0.3 is 23.9 Å². The molecule has 0 saturated carbocycles. The van der Waals surface area contributed by atoms with Gasteiger partial charge in [0.2, 0.25) is 0 Å². The van der Waals surface area contributed by atoms with Crippen molar-refractivity contribution in [2.45, 2.75) is 39.9 Å². The third kappa shape index (κ3) is 11.1. The minimum Gasteiger partial charge on any atom is -0.462 e. The summed E-state index contributed by atoms with van der Waals surface area (Å²) in [5, 5.41) is 10.7. The van der Waals surface area contributed by atoms with Crippen LogP contribution in [0.5, 0.6) is 5.75 Å². The van der Waals surface area contributed by atoms with Crippen LogP contribution in [0.15, 0.2) is 78.9 Å². The number of hydrogen-bond acceptors (Lipinski definition) is 10. The van der Waals surface area contributed by atoms with Crippen LogP contribution < -0.4 is 4.74 Å². The number of ether oxygens (including phenoxy) is 5. The number of carbonyl (C=O) groups is 4. The van der Waals surface area contributed by atoms with E-state index in [0.29, 0.717) is 23.3 Å². The average molecular weight is 581 g/mol. The molecule has 0 aromatic heterocycles. The fourth-order valence-electron chi connectivity index (χ4n) is 3.22. The predicted octanol–water partition coefficient (Wildman–Crippen LogP) is 5.02. The lowest BCUT2D eigenvalue weighted by atomic mass is 9.99. The molecule has 0 amide bonds. The van der Waals surface area contributed by atoms with E-state index in [1.807, 2.05) is 0 Å². The quantitative estimate of drug-likeness (QED) is 0.0720. The summed E-state index contributed by atoms with van der Waals surface area (Å²) < 4.78 is 26.1. The van der Waals surface area contributed by atoms with E-state index in [0.717, 1.165) is 0 Å². The number of aliphatic hydroxyl groups is 1. The lowest BCUT2D eigenvalue weighted by molar-refractivity contribution is -0.141. The van der Waals surface area contributed by atoms with Gasteiger partial charge in [0.1, 0.15) is 5.75 Å². The van der Waals surface area contributed by atoms with Crippen molar-refractivity contribution in [3.8, 4) is 16.9 Å². The van der Waals surface area contributed by atoms with E-state index in [4.69, 9.17) is 23.7 Å². The molecule has 0 saturated heterocycles. The first kappa shape index (κ1) is 33.7. The third-order valence-corrected chi connectivity index (χ3v) is 5.47. The molecule has 2 rings (SSSR count). The Hall–Kier alpha value is -4.54. The van der Waals surface area contributed by atoms with Crippen LogP contribution in [0.2, 0.25) is 0 Å². The Kier molecular flexibility index (Phi) is 13.4. The largest absolute Gasteiger partial charge is 0.462 e. The second-order valence-electron chi connectivity index (χ2n) is 9.44. The van der Waals surface area contributed by atoms with Crippen molar-refractivity contribution in [2.24, 2.45) is 0 Å². The molecule has 0 aliphatic heterocycles. The van der Waals surface area contributed by atoms with Crippen LogP contribution in [0.4, 0.5) is 0 Å². The van der Waals surface area contributed by atoms with Crippen LogP contribution in [-0.4, -0.2) is 55.4 Å². The number of hydrogen-bond donors (Lipinski definition) is 1. The summed E-state index contributed by atoms with van der Waals surface area (Å²) in [5.74, 6) is -1.94. The van der Waals surface area contributed by atoms with E-state index in [9.17, 15) is 24.3 Å². The first-order chi connectivity index (χ1) is 19.9. The molecule has 10 heteroatoms. The summed E-state index contributed by atoms with van der Waals surface area (Å²) >= 11 is 0. The van der Waals surface area contributed by atoms with Gasteiger partial charge in [0.15, 0.2) is 6.29 Å². The van der Waals surface area contributed by atoms with Crippen LogP contribution in [0.25, 0.3) is 11.1 Å². The van der Waals surface area contributed by atoms with Gasteiger partial charge in [0, 0.05) is 35.1 Å². The maximum Gasteiger partial charge on any atom is 0.338 e. The van der Waals surface area contributed by atoms with Gasteiger partial charge in [-0.05, 0) is 62.2 Å². The molecule has 0 radical (unpaired) electrons. The molecule has 0 aliphatic carbocycles. The van der Waals surface area contributed by atoms with Crippen LogP contribution in [-0.2, 0) is 33.3 Å². The average Bonchev–Trinajstić information content (AvgIpc) is 2.96. The third-order valence-electron chi connectivity index (χ3n) is 5.47. The van der Waals surface area contributed by atoms with Crippen LogP contribution in [0.1, 0.15) is 55.8 Å². The van der Waals surface area contributed by atoms with E-state index in [1.165, 1.54) is 13.0 Å². The standard InChI is InChI=1S/C32H36O10/c1-20(2)28(33)38-13-7-15-40-31(36)25-17-24(23-9-11-27(12-10-23)42-30(35)22(5)6)18-26(19-25)32(37)41-16-8-14-39-29(34)21(3)4/h9-12,17-19,31,36H,1,3,5,7-8,13-16H2,2,4,6H3. The zero-order chi connectivity index (χ0) is 31.2. The Labute approximate surface area is 245 Å². The maximum atomic E-state index is 12.9. The van der Waals surface area contributed by atoms with E-state index in [2.05, 4.69) is 19.7 Å². The first-order valence-corrected chi connectivity index (χ1v) is 13.1. The minimum absolute atomic E-state index is 0.00734. The summed E-state index contributed by atoms with van der Waals surface area (Å²) in [7, 11) is 0. The summed E-state index contributed by atoms with van der Waals surface area (Å²) in [5.41, 5.74) is 2.46. The molecule has 10 nitrogen and oxygen atoms in total. The lowest BCUT2D eigenvalue weighted by Crippen LogP contribution is -2.13. The van der Waals surface area contributed by atoms with Gasteiger partial charge in [-0.25, -0.2) is 19.2 Å². The molecule has 0 aliphatic rings. The molecule has 1 N–H and O–H groups in total. The fraction of sp³-hybridized carbons (Fsp3) is 0.312. The van der Waals surface area contributed by atoms with Gasteiger partial charge in [0.05, 0.1) is 32.0 Å². The Morgan fingerprint density at radius 1 is 0.690 bits per heavy atom. The second kappa shape index (κ2) is 16.7. The Bertz CT molecular complexity index is 1320. The predicted molar refractivity (Wildman–Crippen MR) is 154 cm³/mol. The highest BCUT2D eigenvalue weighted by atomic mass is 16.6. The van der Waals surface area contributed by atoms with Gasteiger partial charge in [-0.15, -0.1) is 0 Å². The Balaban J connectivity index is 2.17. The van der Waals surface area contributed by atoms with Crippen molar-refractivity contribution in [2.75, 3.05) is 26.4 Å².